The zero-order chi connectivity index (χ0) is 26.6. The number of carbonyl (C=O) groups is 2. The first kappa shape index (κ1) is 26.9. The van der Waals surface area contributed by atoms with Crippen molar-refractivity contribution in [1.82, 2.24) is 5.32 Å². The Morgan fingerprint density at radius 3 is 2.43 bits per heavy atom. The molecule has 2 aliphatic rings. The van der Waals surface area contributed by atoms with Gasteiger partial charge in [-0.2, -0.15) is 0 Å². The molecule has 0 bridgehead atoms. The quantitative estimate of drug-likeness (QED) is 0.261. The molecule has 1 saturated heterocycles. The van der Waals surface area contributed by atoms with Gasteiger partial charge in [0, 0.05) is 5.57 Å². The summed E-state index contributed by atoms with van der Waals surface area (Å²) in [6, 6.07) is 7.57. The van der Waals surface area contributed by atoms with Gasteiger partial charge < -0.3 is 15.2 Å². The molecule has 2 aromatic rings. The summed E-state index contributed by atoms with van der Waals surface area (Å²) in [5.41, 5.74) is 13.4. The van der Waals surface area contributed by atoms with E-state index in [4.69, 9.17) is 15.2 Å². The van der Waals surface area contributed by atoms with Crippen LogP contribution in [0.1, 0.15) is 78.8 Å². The van der Waals surface area contributed by atoms with Crippen molar-refractivity contribution < 1.29 is 19.1 Å². The number of benzene rings is 2. The summed E-state index contributed by atoms with van der Waals surface area (Å²) in [7, 11) is 0. The lowest BCUT2D eigenvalue weighted by atomic mass is 9.84. The topological polar surface area (TPSA) is 90.6 Å². The van der Waals surface area contributed by atoms with Gasteiger partial charge in [-0.05, 0) is 118 Å². The number of amides is 2. The van der Waals surface area contributed by atoms with Crippen LogP contribution in [0.3, 0.4) is 0 Å². The van der Waals surface area contributed by atoms with Crippen molar-refractivity contribution in [3.63, 3.8) is 0 Å². The number of hydrogen-bond acceptors (Lipinski definition) is 5. The molecular weight excluding hydrogens is 464 g/mol. The molecular formula is C31H40N2O4. The Morgan fingerprint density at radius 2 is 1.76 bits per heavy atom. The van der Waals surface area contributed by atoms with Crippen LogP contribution in [0.25, 0.3) is 6.08 Å². The van der Waals surface area contributed by atoms with E-state index in [1.165, 1.54) is 47.1 Å². The predicted octanol–water partition coefficient (Wildman–Crippen LogP) is 5.27. The molecule has 198 valence electrons. The molecule has 0 unspecified atom stereocenters. The smallest absolute Gasteiger partial charge is 0.254 e. The van der Waals surface area contributed by atoms with E-state index in [-0.39, 0.29) is 18.2 Å². The van der Waals surface area contributed by atoms with Crippen molar-refractivity contribution in [2.45, 2.75) is 84.7 Å². The minimum atomic E-state index is -0.413. The van der Waals surface area contributed by atoms with Gasteiger partial charge in [0.2, 0.25) is 5.91 Å². The van der Waals surface area contributed by atoms with Crippen LogP contribution in [-0.2, 0) is 22.4 Å². The molecule has 2 heterocycles. The zero-order valence-corrected chi connectivity index (χ0v) is 22.7. The number of carbonyl (C=O) groups excluding carboxylic acids is 2. The minimum absolute atomic E-state index is 0.128. The first-order valence-corrected chi connectivity index (χ1v) is 13.5. The molecule has 37 heavy (non-hydrogen) atoms. The molecule has 2 amide bonds. The van der Waals surface area contributed by atoms with Crippen LogP contribution in [0.15, 0.2) is 29.8 Å². The van der Waals surface area contributed by atoms with Crippen LogP contribution >= 0.6 is 0 Å². The normalized spacial score (nSPS) is 20.1. The van der Waals surface area contributed by atoms with Gasteiger partial charge in [-0.1, -0.05) is 25.0 Å². The van der Waals surface area contributed by atoms with E-state index in [1.54, 1.807) is 6.08 Å². The van der Waals surface area contributed by atoms with Crippen molar-refractivity contribution in [1.29, 1.82) is 0 Å². The Hall–Kier alpha value is -3.12. The summed E-state index contributed by atoms with van der Waals surface area (Å²) in [6.07, 6.45) is 9.61. The third kappa shape index (κ3) is 6.24. The second kappa shape index (κ2) is 11.5. The first-order valence-electron chi connectivity index (χ1n) is 13.5. The summed E-state index contributed by atoms with van der Waals surface area (Å²) in [5, 5.41) is 2.31. The Kier molecular flexibility index (Phi) is 8.38. The van der Waals surface area contributed by atoms with E-state index >= 15 is 0 Å². The molecule has 0 radical (unpaired) electrons. The highest BCUT2D eigenvalue weighted by molar-refractivity contribution is 6.15. The Balaban J connectivity index is 1.40. The highest BCUT2D eigenvalue weighted by atomic mass is 16.5. The van der Waals surface area contributed by atoms with Crippen LogP contribution in [0.2, 0.25) is 0 Å². The maximum atomic E-state index is 11.8. The molecule has 6 heteroatoms. The molecule has 0 spiro atoms. The molecule has 4 rings (SSSR count). The molecule has 0 aromatic heterocycles. The van der Waals surface area contributed by atoms with Gasteiger partial charge >= 0.3 is 0 Å². The third-order valence-electron chi connectivity index (χ3n) is 7.83. The molecule has 2 aromatic carbocycles. The highest BCUT2D eigenvalue weighted by Crippen LogP contribution is 2.41. The zero-order valence-electron chi connectivity index (χ0n) is 22.7. The summed E-state index contributed by atoms with van der Waals surface area (Å²) in [6.45, 7) is 10.0. The largest absolute Gasteiger partial charge is 0.489 e. The second-order valence-electron chi connectivity index (χ2n) is 10.7. The number of imide groups is 1. The second-order valence-corrected chi connectivity index (χ2v) is 10.7. The SMILES string of the molecule is Cc1c(C)c2c(c(C)c1CCCCCCN)CC[C@@](C)(COc1ccc(/C=C3\CC(=O)NC3=O)cc1)O2. The van der Waals surface area contributed by atoms with Crippen molar-refractivity contribution in [2.24, 2.45) is 5.73 Å². The molecule has 0 aliphatic carbocycles. The number of rotatable bonds is 10. The van der Waals surface area contributed by atoms with E-state index < -0.39 is 5.60 Å². The molecule has 1 fully saturated rings. The average molecular weight is 505 g/mol. The minimum Gasteiger partial charge on any atom is -0.489 e. The lowest BCUT2D eigenvalue weighted by Crippen LogP contribution is -2.42. The fourth-order valence-corrected chi connectivity index (χ4v) is 5.38. The highest BCUT2D eigenvalue weighted by Gasteiger charge is 2.35. The van der Waals surface area contributed by atoms with E-state index in [1.807, 2.05) is 24.3 Å². The van der Waals surface area contributed by atoms with E-state index in [0.717, 1.165) is 49.3 Å². The lowest BCUT2D eigenvalue weighted by molar-refractivity contribution is -0.124. The number of fused-ring (bicyclic) bond motifs is 1. The Morgan fingerprint density at radius 1 is 1.03 bits per heavy atom. The van der Waals surface area contributed by atoms with Crippen molar-refractivity contribution in [3.05, 3.63) is 63.2 Å². The fraction of sp³-hybridized carbons (Fsp3) is 0.484. The van der Waals surface area contributed by atoms with Gasteiger partial charge in [0.15, 0.2) is 0 Å². The Bertz CT molecular complexity index is 1200. The van der Waals surface area contributed by atoms with E-state index in [0.29, 0.717) is 12.2 Å². The number of nitrogens with one attached hydrogen (secondary N) is 1. The Labute approximate surface area is 220 Å². The fourth-order valence-electron chi connectivity index (χ4n) is 5.38. The van der Waals surface area contributed by atoms with Gasteiger partial charge in [0.05, 0.1) is 6.42 Å². The standard InChI is InChI=1S/C31H40N2O4/c1-20-21(2)29-27(22(3)26(20)9-7-5-6-8-16-32)14-15-31(4,37-29)19-36-25-12-10-23(11-13-25)17-24-18-28(34)33-30(24)35/h10-13,17H,5-9,14-16,18-19,32H2,1-4H3,(H,33,34,35)/b24-17+/t31-/m0/s1. The van der Waals surface area contributed by atoms with Gasteiger partial charge in [-0.15, -0.1) is 0 Å². The van der Waals surface area contributed by atoms with Crippen LogP contribution in [0, 0.1) is 20.8 Å². The summed E-state index contributed by atoms with van der Waals surface area (Å²) in [5.74, 6) is 1.21. The molecule has 0 saturated carbocycles. The maximum Gasteiger partial charge on any atom is 0.254 e. The van der Waals surface area contributed by atoms with Gasteiger partial charge in [-0.25, -0.2) is 0 Å². The summed E-state index contributed by atoms with van der Waals surface area (Å²) >= 11 is 0. The predicted molar refractivity (Wildman–Crippen MR) is 147 cm³/mol. The van der Waals surface area contributed by atoms with Crippen molar-refractivity contribution >= 4 is 17.9 Å². The van der Waals surface area contributed by atoms with Crippen molar-refractivity contribution in [2.75, 3.05) is 13.2 Å². The number of hydrogen-bond donors (Lipinski definition) is 2. The van der Waals surface area contributed by atoms with E-state index in [9.17, 15) is 9.59 Å². The molecule has 6 nitrogen and oxygen atoms in total. The van der Waals surface area contributed by atoms with Crippen LogP contribution in [0.5, 0.6) is 11.5 Å². The van der Waals surface area contributed by atoms with Crippen molar-refractivity contribution in [3.8, 4) is 11.5 Å². The van der Waals surface area contributed by atoms with Crippen LogP contribution in [0.4, 0.5) is 0 Å². The maximum absolute atomic E-state index is 11.8. The lowest BCUT2D eigenvalue weighted by Gasteiger charge is -2.38. The van der Waals surface area contributed by atoms with Gasteiger partial charge in [0.25, 0.3) is 5.91 Å². The number of unbranched alkanes of at least 4 members (excludes halogenated alkanes) is 3. The molecule has 1 atom stereocenters. The number of ether oxygens (including phenoxy) is 2. The summed E-state index contributed by atoms with van der Waals surface area (Å²) in [4.78, 5) is 23.2. The van der Waals surface area contributed by atoms with E-state index in [2.05, 4.69) is 33.0 Å². The van der Waals surface area contributed by atoms with Gasteiger partial charge in [-0.3, -0.25) is 14.9 Å². The first-order chi connectivity index (χ1) is 17.7. The molecule has 3 N–H and O–H groups in total. The monoisotopic (exact) mass is 504 g/mol. The molecule has 2 aliphatic heterocycles. The number of nitrogens with two attached hydrogens (primary N) is 1. The van der Waals surface area contributed by atoms with Gasteiger partial charge in [0.1, 0.15) is 23.7 Å². The average Bonchev–Trinajstić information content (AvgIpc) is 3.20. The van der Waals surface area contributed by atoms with Crippen LogP contribution in [-0.4, -0.2) is 30.6 Å². The van der Waals surface area contributed by atoms with Crippen LogP contribution < -0.4 is 20.5 Å². The summed E-state index contributed by atoms with van der Waals surface area (Å²) < 4.78 is 12.8. The third-order valence-corrected chi connectivity index (χ3v) is 7.83.